The summed E-state index contributed by atoms with van der Waals surface area (Å²) < 4.78 is 16.3. The lowest BCUT2D eigenvalue weighted by Gasteiger charge is -2.46. The van der Waals surface area contributed by atoms with E-state index in [1.54, 1.807) is 0 Å². The molecule has 0 amide bonds. The van der Waals surface area contributed by atoms with E-state index in [0.29, 0.717) is 6.54 Å². The Morgan fingerprint density at radius 1 is 0.800 bits per heavy atom. The molecule has 1 aromatic carbocycles. The molecule has 3 rings (SSSR count). The molecule has 1 aromatic rings. The summed E-state index contributed by atoms with van der Waals surface area (Å²) in [7, 11) is 0. The largest absolute Gasteiger partial charge is 0.394 e. The van der Waals surface area contributed by atoms with Crippen LogP contribution in [0.5, 0.6) is 0 Å². The summed E-state index contributed by atoms with van der Waals surface area (Å²) in [5.74, 6) is 0. The molecule has 0 aliphatic carbocycles. The van der Waals surface area contributed by atoms with Gasteiger partial charge in [-0.1, -0.05) is 30.3 Å². The minimum Gasteiger partial charge on any atom is -0.394 e. The molecule has 2 fully saturated rings. The van der Waals surface area contributed by atoms with Crippen molar-refractivity contribution in [3.63, 3.8) is 0 Å². The average Bonchev–Trinajstić information content (AvgIpc) is 2.76. The molecule has 170 valence electrons. The number of hydrogen-bond donors (Lipinski definition) is 8. The zero-order chi connectivity index (χ0) is 21.8. The van der Waals surface area contributed by atoms with Gasteiger partial charge >= 0.3 is 0 Å². The van der Waals surface area contributed by atoms with Gasteiger partial charge in [0, 0.05) is 6.54 Å². The maximum Gasteiger partial charge on any atom is 0.187 e. The van der Waals surface area contributed by atoms with Crippen LogP contribution in [-0.4, -0.2) is 110 Å². The molecule has 2 heterocycles. The molecule has 2 aliphatic heterocycles. The van der Waals surface area contributed by atoms with E-state index in [1.165, 1.54) is 0 Å². The first-order valence-corrected chi connectivity index (χ1v) is 9.73. The topological polar surface area (TPSA) is 181 Å². The number of ether oxygens (including phenoxy) is 3. The number of aliphatic hydroxyl groups excluding tert-OH is 7. The van der Waals surface area contributed by atoms with Gasteiger partial charge in [-0.15, -0.1) is 0 Å². The summed E-state index contributed by atoms with van der Waals surface area (Å²) in [5.41, 5.74) is 0.896. The highest BCUT2D eigenvalue weighted by molar-refractivity contribution is 5.14. The van der Waals surface area contributed by atoms with E-state index in [9.17, 15) is 35.7 Å². The van der Waals surface area contributed by atoms with Crippen LogP contribution < -0.4 is 5.32 Å². The summed E-state index contributed by atoms with van der Waals surface area (Å²) in [6, 6.07) is 8.25. The van der Waals surface area contributed by atoms with Crippen molar-refractivity contribution in [2.24, 2.45) is 0 Å². The maximum atomic E-state index is 10.8. The van der Waals surface area contributed by atoms with Gasteiger partial charge in [-0.2, -0.15) is 0 Å². The molecular formula is C19H29NO10. The van der Waals surface area contributed by atoms with Crippen LogP contribution in [0.2, 0.25) is 0 Å². The Morgan fingerprint density at radius 2 is 1.47 bits per heavy atom. The Labute approximate surface area is 173 Å². The van der Waals surface area contributed by atoms with Crippen molar-refractivity contribution in [3.8, 4) is 0 Å². The molecule has 2 saturated heterocycles. The van der Waals surface area contributed by atoms with Gasteiger partial charge in [-0.3, -0.25) is 0 Å². The molecule has 30 heavy (non-hydrogen) atoms. The standard InChI is InChI=1S/C19H29NO10/c21-7-10-13(23)15(25)16(26)19(29-10)30-17-11(8-22)28-18(27)12(14(17)24)20-6-9-4-2-1-3-5-9/h1-5,10-27H,6-8H2/t10-,11-,12-,13+,14-,15+,16-,17-,18-,19+/m1/s1. The second-order valence-corrected chi connectivity index (χ2v) is 7.43. The smallest absolute Gasteiger partial charge is 0.187 e. The predicted molar refractivity (Wildman–Crippen MR) is 99.7 cm³/mol. The fraction of sp³-hybridized carbons (Fsp3) is 0.684. The summed E-state index contributed by atoms with van der Waals surface area (Å²) in [4.78, 5) is 0. The molecule has 10 atom stereocenters. The van der Waals surface area contributed by atoms with Gasteiger partial charge in [-0.05, 0) is 5.56 Å². The Kier molecular flexibility index (Phi) is 8.12. The highest BCUT2D eigenvalue weighted by Crippen LogP contribution is 2.28. The van der Waals surface area contributed by atoms with Gasteiger partial charge in [0.05, 0.1) is 19.3 Å². The van der Waals surface area contributed by atoms with E-state index in [0.717, 1.165) is 5.56 Å². The Balaban J connectivity index is 1.71. The Hall–Kier alpha value is -1.22. The lowest BCUT2D eigenvalue weighted by Crippen LogP contribution is -2.66. The third kappa shape index (κ3) is 4.98. The molecule has 11 nitrogen and oxygen atoms in total. The molecule has 2 aliphatic rings. The van der Waals surface area contributed by atoms with Gasteiger partial charge in [0.25, 0.3) is 0 Å². The molecule has 0 saturated carbocycles. The van der Waals surface area contributed by atoms with E-state index in [4.69, 9.17) is 14.2 Å². The van der Waals surface area contributed by atoms with Crippen molar-refractivity contribution in [3.05, 3.63) is 35.9 Å². The minimum atomic E-state index is -1.68. The van der Waals surface area contributed by atoms with Crippen LogP contribution in [0.25, 0.3) is 0 Å². The van der Waals surface area contributed by atoms with Crippen molar-refractivity contribution in [1.82, 2.24) is 5.32 Å². The van der Waals surface area contributed by atoms with Crippen LogP contribution in [0, 0.1) is 0 Å². The SMILES string of the molecule is OC[C@H]1O[C@@H](O[C@H]2[C@H](O)[C@@H](NCc3ccccc3)[C@H](O)O[C@@H]2CO)[C@H](O)[C@@H](O)[C@H]1O. The molecule has 0 aromatic heterocycles. The number of benzene rings is 1. The fourth-order valence-corrected chi connectivity index (χ4v) is 3.64. The summed E-state index contributed by atoms with van der Waals surface area (Å²) in [6.45, 7) is -0.945. The van der Waals surface area contributed by atoms with E-state index < -0.39 is 74.6 Å². The van der Waals surface area contributed by atoms with Crippen molar-refractivity contribution in [1.29, 1.82) is 0 Å². The highest BCUT2D eigenvalue weighted by atomic mass is 16.7. The van der Waals surface area contributed by atoms with Gasteiger partial charge in [0.2, 0.25) is 0 Å². The average molecular weight is 431 g/mol. The normalized spacial score (nSPS) is 42.2. The minimum absolute atomic E-state index is 0.305. The third-order valence-electron chi connectivity index (χ3n) is 5.40. The Bertz CT molecular complexity index is 649. The Morgan fingerprint density at radius 3 is 2.10 bits per heavy atom. The summed E-state index contributed by atoms with van der Waals surface area (Å²) >= 11 is 0. The van der Waals surface area contributed by atoms with Crippen LogP contribution in [0.3, 0.4) is 0 Å². The van der Waals surface area contributed by atoms with Gasteiger partial charge in [0.1, 0.15) is 42.7 Å². The molecule has 0 bridgehead atoms. The van der Waals surface area contributed by atoms with Crippen molar-refractivity contribution in [2.45, 2.75) is 67.9 Å². The van der Waals surface area contributed by atoms with E-state index >= 15 is 0 Å². The number of nitrogens with one attached hydrogen (secondary N) is 1. The highest BCUT2D eigenvalue weighted by Gasteiger charge is 2.50. The second kappa shape index (κ2) is 10.4. The van der Waals surface area contributed by atoms with Crippen LogP contribution in [0.1, 0.15) is 5.56 Å². The summed E-state index contributed by atoms with van der Waals surface area (Å²) in [6.07, 6.45) is -12.9. The molecule has 0 radical (unpaired) electrons. The number of hydrogen-bond acceptors (Lipinski definition) is 11. The van der Waals surface area contributed by atoms with Crippen molar-refractivity contribution >= 4 is 0 Å². The zero-order valence-electron chi connectivity index (χ0n) is 16.1. The van der Waals surface area contributed by atoms with Gasteiger partial charge in [0.15, 0.2) is 12.6 Å². The molecule has 0 spiro atoms. The van der Waals surface area contributed by atoms with E-state index in [-0.39, 0.29) is 0 Å². The monoisotopic (exact) mass is 431 g/mol. The van der Waals surface area contributed by atoms with E-state index in [1.807, 2.05) is 30.3 Å². The van der Waals surface area contributed by atoms with Gasteiger partial charge < -0.3 is 55.3 Å². The van der Waals surface area contributed by atoms with Crippen molar-refractivity contribution < 1.29 is 50.0 Å². The second-order valence-electron chi connectivity index (χ2n) is 7.43. The molecule has 11 heteroatoms. The molecular weight excluding hydrogens is 402 g/mol. The third-order valence-corrected chi connectivity index (χ3v) is 5.40. The number of aliphatic hydroxyl groups is 7. The quantitative estimate of drug-likeness (QED) is 0.214. The predicted octanol–water partition coefficient (Wildman–Crippen LogP) is -3.60. The first kappa shape index (κ1) is 23.4. The molecule has 8 N–H and O–H groups in total. The van der Waals surface area contributed by atoms with Crippen LogP contribution >= 0.6 is 0 Å². The van der Waals surface area contributed by atoms with E-state index in [2.05, 4.69) is 5.32 Å². The number of rotatable bonds is 7. The lowest BCUT2D eigenvalue weighted by molar-refractivity contribution is -0.345. The van der Waals surface area contributed by atoms with Crippen LogP contribution in [0.15, 0.2) is 30.3 Å². The van der Waals surface area contributed by atoms with Crippen LogP contribution in [-0.2, 0) is 20.8 Å². The summed E-state index contributed by atoms with van der Waals surface area (Å²) in [5, 5.41) is 72.9. The maximum absolute atomic E-state index is 10.8. The van der Waals surface area contributed by atoms with Crippen molar-refractivity contribution in [2.75, 3.05) is 13.2 Å². The molecule has 0 unspecified atom stereocenters. The van der Waals surface area contributed by atoms with Gasteiger partial charge in [-0.25, -0.2) is 0 Å². The first-order valence-electron chi connectivity index (χ1n) is 9.73. The fourth-order valence-electron chi connectivity index (χ4n) is 3.64. The van der Waals surface area contributed by atoms with Crippen LogP contribution in [0.4, 0.5) is 0 Å². The lowest BCUT2D eigenvalue weighted by atomic mass is 9.95. The zero-order valence-corrected chi connectivity index (χ0v) is 16.1. The first-order chi connectivity index (χ1) is 14.4.